The van der Waals surface area contributed by atoms with Gasteiger partial charge in [0.25, 0.3) is 0 Å². The SMILES string of the molecule is CN(C)C(/C=C/C(=O)O)C1CCCC1. The second-order valence-electron chi connectivity index (χ2n) is 4.20. The van der Waals surface area contributed by atoms with Crippen LogP contribution in [0.15, 0.2) is 12.2 Å². The van der Waals surface area contributed by atoms with E-state index in [9.17, 15) is 4.79 Å². The van der Waals surface area contributed by atoms with Crippen LogP contribution >= 0.6 is 0 Å². The lowest BCUT2D eigenvalue weighted by Gasteiger charge is -2.26. The van der Waals surface area contributed by atoms with Gasteiger partial charge in [0.15, 0.2) is 0 Å². The number of hydrogen-bond acceptors (Lipinski definition) is 2. The van der Waals surface area contributed by atoms with Crippen LogP contribution in [0.4, 0.5) is 0 Å². The fourth-order valence-electron chi connectivity index (χ4n) is 2.23. The van der Waals surface area contributed by atoms with E-state index < -0.39 is 5.97 Å². The van der Waals surface area contributed by atoms with Gasteiger partial charge >= 0.3 is 5.97 Å². The minimum Gasteiger partial charge on any atom is -0.478 e. The molecule has 0 heterocycles. The van der Waals surface area contributed by atoms with Crippen LogP contribution in [0.2, 0.25) is 0 Å². The molecule has 0 aromatic rings. The van der Waals surface area contributed by atoms with Crippen molar-refractivity contribution >= 4 is 5.97 Å². The second kappa shape index (κ2) is 5.15. The Morgan fingerprint density at radius 2 is 2.00 bits per heavy atom. The minimum absolute atomic E-state index is 0.286. The third-order valence-corrected chi connectivity index (χ3v) is 2.92. The van der Waals surface area contributed by atoms with Crippen LogP contribution in [0.5, 0.6) is 0 Å². The number of likely N-dealkylation sites (N-methyl/N-ethyl adjacent to an activating group) is 1. The van der Waals surface area contributed by atoms with Crippen molar-refractivity contribution in [1.29, 1.82) is 0 Å². The van der Waals surface area contributed by atoms with Crippen molar-refractivity contribution in [1.82, 2.24) is 4.90 Å². The molecule has 0 amide bonds. The number of carboxylic acid groups (broad SMARTS) is 1. The van der Waals surface area contributed by atoms with E-state index in [0.717, 1.165) is 0 Å². The molecule has 0 spiro atoms. The molecule has 0 radical (unpaired) electrons. The highest BCUT2D eigenvalue weighted by Crippen LogP contribution is 2.30. The Kier molecular flexibility index (Phi) is 4.14. The molecule has 14 heavy (non-hydrogen) atoms. The zero-order valence-electron chi connectivity index (χ0n) is 8.94. The molecule has 1 aliphatic carbocycles. The average molecular weight is 197 g/mol. The zero-order chi connectivity index (χ0) is 10.6. The summed E-state index contributed by atoms with van der Waals surface area (Å²) in [7, 11) is 4.02. The molecular formula is C11H19NO2. The molecular weight excluding hydrogens is 178 g/mol. The first kappa shape index (κ1) is 11.2. The molecule has 0 aromatic heterocycles. The number of carboxylic acids is 1. The van der Waals surface area contributed by atoms with Gasteiger partial charge < -0.3 is 10.0 Å². The third-order valence-electron chi connectivity index (χ3n) is 2.92. The Balaban J connectivity index is 2.58. The van der Waals surface area contributed by atoms with E-state index in [1.165, 1.54) is 31.8 Å². The third kappa shape index (κ3) is 3.14. The molecule has 0 aliphatic heterocycles. The van der Waals surface area contributed by atoms with Crippen LogP contribution in [0, 0.1) is 5.92 Å². The van der Waals surface area contributed by atoms with Crippen molar-refractivity contribution in [3.8, 4) is 0 Å². The van der Waals surface area contributed by atoms with Crippen molar-refractivity contribution in [3.63, 3.8) is 0 Å². The van der Waals surface area contributed by atoms with Crippen LogP contribution in [0.3, 0.4) is 0 Å². The van der Waals surface area contributed by atoms with Crippen LogP contribution < -0.4 is 0 Å². The molecule has 0 bridgehead atoms. The Morgan fingerprint density at radius 1 is 1.43 bits per heavy atom. The summed E-state index contributed by atoms with van der Waals surface area (Å²) in [6, 6.07) is 0.286. The quantitative estimate of drug-likeness (QED) is 0.698. The topological polar surface area (TPSA) is 40.5 Å². The van der Waals surface area contributed by atoms with E-state index in [-0.39, 0.29) is 6.04 Å². The van der Waals surface area contributed by atoms with Crippen LogP contribution in [-0.2, 0) is 4.79 Å². The lowest BCUT2D eigenvalue weighted by molar-refractivity contribution is -0.131. The Bertz CT molecular complexity index is 217. The van der Waals surface area contributed by atoms with Gasteiger partial charge in [0.2, 0.25) is 0 Å². The number of aliphatic carboxylic acids is 1. The van der Waals surface area contributed by atoms with Gasteiger partial charge in [-0.15, -0.1) is 0 Å². The van der Waals surface area contributed by atoms with Gasteiger partial charge in [0.05, 0.1) is 0 Å². The normalized spacial score (nSPS) is 20.8. The summed E-state index contributed by atoms with van der Waals surface area (Å²) in [4.78, 5) is 12.5. The number of hydrogen-bond donors (Lipinski definition) is 1. The van der Waals surface area contributed by atoms with Crippen LogP contribution in [0.1, 0.15) is 25.7 Å². The van der Waals surface area contributed by atoms with Gasteiger partial charge in [-0.1, -0.05) is 18.9 Å². The van der Waals surface area contributed by atoms with Crippen molar-refractivity contribution < 1.29 is 9.90 Å². The van der Waals surface area contributed by atoms with Crippen molar-refractivity contribution in [2.45, 2.75) is 31.7 Å². The molecule has 1 aliphatic rings. The summed E-state index contributed by atoms with van der Waals surface area (Å²) in [5.74, 6) is -0.213. The van der Waals surface area contributed by atoms with Crippen molar-refractivity contribution in [3.05, 3.63) is 12.2 Å². The second-order valence-corrected chi connectivity index (χ2v) is 4.20. The highest BCUT2D eigenvalue weighted by Gasteiger charge is 2.24. The molecule has 1 unspecified atom stereocenters. The van der Waals surface area contributed by atoms with Gasteiger partial charge in [-0.3, -0.25) is 0 Å². The predicted molar refractivity (Wildman–Crippen MR) is 56.2 cm³/mol. The summed E-state index contributed by atoms with van der Waals surface area (Å²) >= 11 is 0. The summed E-state index contributed by atoms with van der Waals surface area (Å²) in [5, 5.41) is 8.58. The van der Waals surface area contributed by atoms with Crippen molar-refractivity contribution in [2.24, 2.45) is 5.92 Å². The highest BCUT2D eigenvalue weighted by atomic mass is 16.4. The van der Waals surface area contributed by atoms with E-state index in [0.29, 0.717) is 5.92 Å². The Labute approximate surface area is 85.4 Å². The summed E-state index contributed by atoms with van der Waals surface area (Å²) in [6.45, 7) is 0. The standard InChI is InChI=1S/C11H19NO2/c1-12(2)10(7-8-11(13)14)9-5-3-4-6-9/h7-10H,3-6H2,1-2H3,(H,13,14)/b8-7+. The zero-order valence-corrected chi connectivity index (χ0v) is 8.94. The van der Waals surface area contributed by atoms with E-state index in [1.54, 1.807) is 0 Å². The van der Waals surface area contributed by atoms with Gasteiger partial charge in [-0.05, 0) is 32.9 Å². The Morgan fingerprint density at radius 3 is 2.43 bits per heavy atom. The molecule has 80 valence electrons. The molecule has 3 heteroatoms. The Hall–Kier alpha value is -0.830. The molecule has 0 aromatic carbocycles. The first-order chi connectivity index (χ1) is 6.61. The van der Waals surface area contributed by atoms with E-state index >= 15 is 0 Å². The number of rotatable bonds is 4. The molecule has 3 nitrogen and oxygen atoms in total. The lowest BCUT2D eigenvalue weighted by Crippen LogP contribution is -2.32. The maximum absolute atomic E-state index is 10.4. The summed E-state index contributed by atoms with van der Waals surface area (Å²) < 4.78 is 0. The first-order valence-electron chi connectivity index (χ1n) is 5.19. The molecule has 1 N–H and O–H groups in total. The molecule has 1 atom stereocenters. The summed E-state index contributed by atoms with van der Waals surface area (Å²) in [6.07, 6.45) is 8.12. The molecule has 1 rings (SSSR count). The smallest absolute Gasteiger partial charge is 0.328 e. The largest absolute Gasteiger partial charge is 0.478 e. The van der Waals surface area contributed by atoms with Gasteiger partial charge in [-0.25, -0.2) is 4.79 Å². The first-order valence-corrected chi connectivity index (χ1v) is 5.19. The summed E-state index contributed by atoms with van der Waals surface area (Å²) in [5.41, 5.74) is 0. The van der Waals surface area contributed by atoms with E-state index in [2.05, 4.69) is 4.90 Å². The molecule has 1 saturated carbocycles. The fourth-order valence-corrected chi connectivity index (χ4v) is 2.23. The van der Waals surface area contributed by atoms with Gasteiger partial charge in [0, 0.05) is 12.1 Å². The van der Waals surface area contributed by atoms with Crippen LogP contribution in [0.25, 0.3) is 0 Å². The minimum atomic E-state index is -0.852. The monoisotopic (exact) mass is 197 g/mol. The maximum Gasteiger partial charge on any atom is 0.328 e. The van der Waals surface area contributed by atoms with Crippen LogP contribution in [-0.4, -0.2) is 36.1 Å². The fraction of sp³-hybridized carbons (Fsp3) is 0.727. The van der Waals surface area contributed by atoms with Gasteiger partial charge in [-0.2, -0.15) is 0 Å². The molecule has 0 saturated heterocycles. The number of nitrogens with zero attached hydrogens (tertiary/aromatic N) is 1. The van der Waals surface area contributed by atoms with E-state index in [4.69, 9.17) is 5.11 Å². The lowest BCUT2D eigenvalue weighted by atomic mass is 9.97. The maximum atomic E-state index is 10.4. The highest BCUT2D eigenvalue weighted by molar-refractivity contribution is 5.79. The number of carbonyl (C=O) groups is 1. The van der Waals surface area contributed by atoms with E-state index in [1.807, 2.05) is 20.2 Å². The van der Waals surface area contributed by atoms with Gasteiger partial charge in [0.1, 0.15) is 0 Å². The average Bonchev–Trinajstić information content (AvgIpc) is 2.56. The van der Waals surface area contributed by atoms with Crippen molar-refractivity contribution in [2.75, 3.05) is 14.1 Å². The predicted octanol–water partition coefficient (Wildman–Crippen LogP) is 1.75. The molecule has 1 fully saturated rings.